The SMILES string of the molecule is C[NH+](C)CCCNC(=O)OCC1COC(=O)O1. The van der Waals surface area contributed by atoms with E-state index in [0.29, 0.717) is 6.54 Å². The summed E-state index contributed by atoms with van der Waals surface area (Å²) >= 11 is 0. The fraction of sp³-hybridized carbons (Fsp3) is 0.800. The van der Waals surface area contributed by atoms with E-state index in [-0.39, 0.29) is 13.2 Å². The maximum Gasteiger partial charge on any atom is 0.508 e. The van der Waals surface area contributed by atoms with Crippen molar-refractivity contribution in [1.82, 2.24) is 5.32 Å². The Balaban J connectivity index is 1.99. The summed E-state index contributed by atoms with van der Waals surface area (Å²) in [7, 11) is 4.10. The van der Waals surface area contributed by atoms with E-state index in [1.807, 2.05) is 14.1 Å². The minimum Gasteiger partial charge on any atom is -0.445 e. The zero-order valence-electron chi connectivity index (χ0n) is 10.2. The number of hydrogen-bond donors (Lipinski definition) is 2. The number of rotatable bonds is 6. The molecular formula is C10H19N2O5+. The number of alkyl carbamates (subject to hydrolysis) is 1. The summed E-state index contributed by atoms with van der Waals surface area (Å²) in [5.74, 6) is 0. The lowest BCUT2D eigenvalue weighted by atomic mass is 10.4. The van der Waals surface area contributed by atoms with Crippen LogP contribution in [0, 0.1) is 0 Å². The van der Waals surface area contributed by atoms with Crippen LogP contribution < -0.4 is 10.2 Å². The Morgan fingerprint density at radius 2 is 2.35 bits per heavy atom. The molecule has 1 aliphatic heterocycles. The molecule has 0 aliphatic carbocycles. The van der Waals surface area contributed by atoms with E-state index in [4.69, 9.17) is 9.47 Å². The zero-order chi connectivity index (χ0) is 12.7. The number of hydrogen-bond acceptors (Lipinski definition) is 5. The van der Waals surface area contributed by atoms with E-state index >= 15 is 0 Å². The lowest BCUT2D eigenvalue weighted by Gasteiger charge is -2.10. The summed E-state index contributed by atoms with van der Waals surface area (Å²) in [6.07, 6.45) is -0.812. The van der Waals surface area contributed by atoms with Crippen molar-refractivity contribution >= 4 is 12.2 Å². The van der Waals surface area contributed by atoms with Crippen LogP contribution in [0.2, 0.25) is 0 Å². The molecule has 2 N–H and O–H groups in total. The van der Waals surface area contributed by atoms with Gasteiger partial charge in [0, 0.05) is 13.0 Å². The van der Waals surface area contributed by atoms with Crippen molar-refractivity contribution in [1.29, 1.82) is 0 Å². The molecule has 0 bridgehead atoms. The molecule has 17 heavy (non-hydrogen) atoms. The first-order valence-electron chi connectivity index (χ1n) is 5.61. The molecule has 1 saturated heterocycles. The summed E-state index contributed by atoms with van der Waals surface area (Å²) in [6, 6.07) is 0. The molecule has 1 unspecified atom stereocenters. The molecule has 0 aromatic rings. The van der Waals surface area contributed by atoms with Crippen molar-refractivity contribution in [2.24, 2.45) is 0 Å². The Bertz CT molecular complexity index is 269. The Morgan fingerprint density at radius 3 is 2.94 bits per heavy atom. The standard InChI is InChI=1S/C10H18N2O5/c1-12(2)5-3-4-11-9(13)15-6-8-7-16-10(14)17-8/h8H,3-7H2,1-2H3,(H,11,13)/p+1. The molecule has 1 amide bonds. The maximum absolute atomic E-state index is 11.2. The second-order valence-electron chi connectivity index (χ2n) is 4.14. The highest BCUT2D eigenvalue weighted by atomic mass is 16.8. The predicted molar refractivity (Wildman–Crippen MR) is 57.9 cm³/mol. The van der Waals surface area contributed by atoms with E-state index in [0.717, 1.165) is 13.0 Å². The Kier molecular flexibility index (Phi) is 5.55. The fourth-order valence-electron chi connectivity index (χ4n) is 1.30. The average Bonchev–Trinajstić information content (AvgIpc) is 2.67. The van der Waals surface area contributed by atoms with Crippen LogP contribution in [-0.2, 0) is 14.2 Å². The van der Waals surface area contributed by atoms with E-state index in [9.17, 15) is 9.59 Å². The van der Waals surface area contributed by atoms with E-state index in [1.165, 1.54) is 4.90 Å². The van der Waals surface area contributed by atoms with Gasteiger partial charge in [-0.25, -0.2) is 9.59 Å². The third-order valence-electron chi connectivity index (χ3n) is 2.17. The molecule has 1 aliphatic rings. The van der Waals surface area contributed by atoms with E-state index in [2.05, 4.69) is 10.1 Å². The van der Waals surface area contributed by atoms with Gasteiger partial charge in [-0.1, -0.05) is 0 Å². The number of nitrogens with one attached hydrogen (secondary N) is 2. The molecule has 0 radical (unpaired) electrons. The number of carbonyl (C=O) groups excluding carboxylic acids is 2. The quantitative estimate of drug-likeness (QED) is 0.454. The van der Waals surface area contributed by atoms with Gasteiger partial charge in [-0.2, -0.15) is 0 Å². The molecule has 1 atom stereocenters. The van der Waals surface area contributed by atoms with Gasteiger partial charge in [0.05, 0.1) is 20.6 Å². The Labute approximate surface area is 100.0 Å². The van der Waals surface area contributed by atoms with Crippen LogP contribution in [0.1, 0.15) is 6.42 Å². The van der Waals surface area contributed by atoms with Crippen LogP contribution in [0.15, 0.2) is 0 Å². The van der Waals surface area contributed by atoms with Gasteiger partial charge < -0.3 is 24.4 Å². The van der Waals surface area contributed by atoms with Crippen LogP contribution >= 0.6 is 0 Å². The van der Waals surface area contributed by atoms with Gasteiger partial charge in [0.1, 0.15) is 13.2 Å². The highest BCUT2D eigenvalue weighted by Gasteiger charge is 2.26. The van der Waals surface area contributed by atoms with Crippen LogP contribution in [0.5, 0.6) is 0 Å². The third-order valence-corrected chi connectivity index (χ3v) is 2.17. The maximum atomic E-state index is 11.2. The van der Waals surface area contributed by atoms with Crippen molar-refractivity contribution in [2.45, 2.75) is 12.5 Å². The zero-order valence-corrected chi connectivity index (χ0v) is 10.2. The van der Waals surface area contributed by atoms with Crippen molar-refractivity contribution in [3.63, 3.8) is 0 Å². The van der Waals surface area contributed by atoms with Gasteiger partial charge in [0.15, 0.2) is 6.10 Å². The normalized spacial score (nSPS) is 18.8. The average molecular weight is 247 g/mol. The summed E-state index contributed by atoms with van der Waals surface area (Å²) in [6.45, 7) is 1.71. The minimum absolute atomic E-state index is 0.0243. The number of quaternary nitrogens is 1. The predicted octanol–water partition coefficient (Wildman–Crippen LogP) is -1.22. The minimum atomic E-state index is -0.715. The highest BCUT2D eigenvalue weighted by Crippen LogP contribution is 2.05. The molecule has 1 heterocycles. The molecule has 0 saturated carbocycles. The molecular weight excluding hydrogens is 228 g/mol. The van der Waals surface area contributed by atoms with E-state index in [1.54, 1.807) is 0 Å². The number of cyclic esters (lactones) is 2. The molecule has 1 rings (SSSR count). The Hall–Kier alpha value is -1.50. The first-order chi connectivity index (χ1) is 8.08. The number of ether oxygens (including phenoxy) is 3. The van der Waals surface area contributed by atoms with Gasteiger partial charge in [0.2, 0.25) is 0 Å². The van der Waals surface area contributed by atoms with Gasteiger partial charge in [-0.15, -0.1) is 0 Å². The van der Waals surface area contributed by atoms with Gasteiger partial charge in [0.25, 0.3) is 0 Å². The molecule has 7 heteroatoms. The number of amides is 1. The van der Waals surface area contributed by atoms with Crippen LogP contribution in [-0.4, -0.2) is 58.8 Å². The second kappa shape index (κ2) is 6.95. The first kappa shape index (κ1) is 13.6. The van der Waals surface area contributed by atoms with Crippen LogP contribution in [0.4, 0.5) is 9.59 Å². The Morgan fingerprint density at radius 1 is 1.59 bits per heavy atom. The molecule has 0 aromatic carbocycles. The van der Waals surface area contributed by atoms with Crippen molar-refractivity contribution in [2.75, 3.05) is 40.4 Å². The lowest BCUT2D eigenvalue weighted by Crippen LogP contribution is -3.05. The lowest BCUT2D eigenvalue weighted by molar-refractivity contribution is -0.858. The van der Waals surface area contributed by atoms with Gasteiger partial charge in [-0.3, -0.25) is 0 Å². The van der Waals surface area contributed by atoms with Crippen molar-refractivity contribution < 1.29 is 28.7 Å². The molecule has 0 spiro atoms. The topological polar surface area (TPSA) is 78.3 Å². The summed E-state index contributed by atoms with van der Waals surface area (Å²) in [4.78, 5) is 23.1. The van der Waals surface area contributed by atoms with Crippen LogP contribution in [0.25, 0.3) is 0 Å². The molecule has 0 aromatic heterocycles. The third kappa shape index (κ3) is 5.96. The summed E-state index contributed by atoms with van der Waals surface area (Å²) in [5.41, 5.74) is 0. The largest absolute Gasteiger partial charge is 0.508 e. The van der Waals surface area contributed by atoms with Crippen LogP contribution in [0.3, 0.4) is 0 Å². The van der Waals surface area contributed by atoms with E-state index < -0.39 is 18.4 Å². The number of carbonyl (C=O) groups is 2. The van der Waals surface area contributed by atoms with Gasteiger partial charge in [-0.05, 0) is 0 Å². The first-order valence-corrected chi connectivity index (χ1v) is 5.61. The smallest absolute Gasteiger partial charge is 0.445 e. The summed E-state index contributed by atoms with van der Waals surface area (Å²) < 4.78 is 14.1. The second-order valence-corrected chi connectivity index (χ2v) is 4.14. The fourth-order valence-corrected chi connectivity index (χ4v) is 1.30. The molecule has 98 valence electrons. The van der Waals surface area contributed by atoms with Crippen molar-refractivity contribution in [3.8, 4) is 0 Å². The molecule has 1 fully saturated rings. The monoisotopic (exact) mass is 247 g/mol. The summed E-state index contributed by atoms with van der Waals surface area (Å²) in [5, 5.41) is 2.62. The highest BCUT2D eigenvalue weighted by molar-refractivity contribution is 5.67. The molecule has 7 nitrogen and oxygen atoms in total. The van der Waals surface area contributed by atoms with Crippen molar-refractivity contribution in [3.05, 3.63) is 0 Å². The van der Waals surface area contributed by atoms with Gasteiger partial charge >= 0.3 is 12.2 Å².